The van der Waals surface area contributed by atoms with E-state index in [0.29, 0.717) is 16.4 Å². The van der Waals surface area contributed by atoms with Crippen LogP contribution in [0.5, 0.6) is 0 Å². The van der Waals surface area contributed by atoms with Gasteiger partial charge in [-0.05, 0) is 40.2 Å². The minimum atomic E-state index is -2.70. The van der Waals surface area contributed by atoms with Crippen molar-refractivity contribution in [2.45, 2.75) is 0 Å². The smallest absolute Gasteiger partial charge is 0.257 e. The van der Waals surface area contributed by atoms with Gasteiger partial charge in [0.15, 0.2) is 5.13 Å². The van der Waals surface area contributed by atoms with Crippen LogP contribution >= 0.6 is 27.3 Å². The van der Waals surface area contributed by atoms with Crippen molar-refractivity contribution in [3.63, 3.8) is 0 Å². The second-order valence-corrected chi connectivity index (χ2v) is 6.52. The van der Waals surface area contributed by atoms with Gasteiger partial charge in [0.05, 0.1) is 9.98 Å². The fourth-order valence-electron chi connectivity index (χ4n) is 1.28. The minimum Gasteiger partial charge on any atom is -0.298 e. The van der Waals surface area contributed by atoms with E-state index in [9.17, 15) is 13.2 Å². The van der Waals surface area contributed by atoms with Gasteiger partial charge < -0.3 is 0 Å². The molecule has 0 fully saturated rings. The van der Waals surface area contributed by atoms with Gasteiger partial charge >= 0.3 is 0 Å². The normalized spacial score (nSPS) is 10.4. The Morgan fingerprint density at radius 1 is 1.26 bits per heavy atom. The first kappa shape index (κ1) is 14.0. The van der Waals surface area contributed by atoms with Crippen molar-refractivity contribution in [1.82, 2.24) is 4.98 Å². The average Bonchev–Trinajstić information content (AvgIpc) is 2.75. The highest BCUT2D eigenvalue weighted by atomic mass is 79.9. The lowest BCUT2D eigenvalue weighted by Gasteiger charge is -2.03. The van der Waals surface area contributed by atoms with E-state index in [1.807, 2.05) is 0 Å². The number of halogens is 1. The van der Waals surface area contributed by atoms with E-state index in [2.05, 4.69) is 31.0 Å². The Balaban J connectivity index is 2.07. The Bertz CT molecular complexity index is 659. The number of nitrogens with one attached hydrogen (secondary N) is 2. The second kappa shape index (κ2) is 6.13. The second-order valence-electron chi connectivity index (χ2n) is 3.37. The van der Waals surface area contributed by atoms with E-state index in [-0.39, 0.29) is 5.91 Å². The maximum Gasteiger partial charge on any atom is 0.257 e. The van der Waals surface area contributed by atoms with Gasteiger partial charge in [-0.25, -0.2) is 13.4 Å². The first-order valence-corrected chi connectivity index (χ1v) is 7.77. The molecule has 6 nitrogen and oxygen atoms in total. The molecular weight excluding hydrogens is 354 g/mol. The van der Waals surface area contributed by atoms with Crippen LogP contribution in [-0.4, -0.2) is 19.3 Å². The summed E-state index contributed by atoms with van der Waals surface area (Å²) in [7, 11) is -2.70. The van der Waals surface area contributed by atoms with Crippen molar-refractivity contribution in [3.8, 4) is 0 Å². The molecule has 0 aliphatic rings. The number of carbonyl (C=O) groups is 1. The van der Waals surface area contributed by atoms with Crippen molar-refractivity contribution in [1.29, 1.82) is 0 Å². The van der Waals surface area contributed by atoms with E-state index in [0.717, 1.165) is 3.79 Å². The topological polar surface area (TPSA) is 88.2 Å². The molecule has 100 valence electrons. The zero-order valence-corrected chi connectivity index (χ0v) is 12.6. The number of rotatable bonds is 4. The maximum atomic E-state index is 11.9. The van der Waals surface area contributed by atoms with Crippen LogP contribution in [0.3, 0.4) is 0 Å². The number of carbonyl (C=O) groups excluding carboxylic acids is 1. The van der Waals surface area contributed by atoms with Gasteiger partial charge in [0.1, 0.15) is 0 Å². The van der Waals surface area contributed by atoms with E-state index in [4.69, 9.17) is 0 Å². The van der Waals surface area contributed by atoms with Gasteiger partial charge in [-0.15, -0.1) is 0 Å². The number of hydrogen-bond donors (Lipinski definition) is 3. The summed E-state index contributed by atoms with van der Waals surface area (Å²) in [5, 5.41) is 3.13. The molecule has 0 unspecified atom stereocenters. The number of thiol groups is 1. The fourth-order valence-corrected chi connectivity index (χ4v) is 2.74. The number of nitrogens with zero attached hydrogens (tertiary/aromatic N) is 1. The summed E-state index contributed by atoms with van der Waals surface area (Å²) >= 11 is 4.55. The molecule has 9 heteroatoms. The quantitative estimate of drug-likeness (QED) is 0.727. The van der Waals surface area contributed by atoms with Crippen LogP contribution in [0.2, 0.25) is 0 Å². The van der Waals surface area contributed by atoms with Crippen LogP contribution < -0.4 is 10.0 Å². The Morgan fingerprint density at radius 2 is 1.95 bits per heavy atom. The third-order valence-electron chi connectivity index (χ3n) is 2.07. The van der Waals surface area contributed by atoms with Crippen LogP contribution in [0, 0.1) is 0 Å². The summed E-state index contributed by atoms with van der Waals surface area (Å²) in [6.45, 7) is 0. The molecule has 0 aliphatic carbocycles. The van der Waals surface area contributed by atoms with Crippen molar-refractivity contribution in [2.24, 2.45) is 0 Å². The molecule has 2 rings (SSSR count). The summed E-state index contributed by atoms with van der Waals surface area (Å²) in [5.41, 5.74) is 0.822. The Hall–Kier alpha value is -1.45. The molecule has 1 aromatic heterocycles. The monoisotopic (exact) mass is 361 g/mol. The predicted molar refractivity (Wildman–Crippen MR) is 78.1 cm³/mol. The summed E-state index contributed by atoms with van der Waals surface area (Å²) in [5.74, 6) is -0.306. The van der Waals surface area contributed by atoms with E-state index >= 15 is 0 Å². The molecular formula is C10H8BrN3O3S2. The Kier molecular flexibility index (Phi) is 4.51. The average molecular weight is 362 g/mol. The molecule has 2 aromatic rings. The molecule has 0 bridgehead atoms. The third-order valence-corrected chi connectivity index (χ3v) is 3.90. The molecule has 0 spiro atoms. The van der Waals surface area contributed by atoms with Crippen LogP contribution in [0.1, 0.15) is 10.4 Å². The standard InChI is InChI=1S/C10H8BrN3O3S2/c11-8-5-12-10(18-8)13-9(15)6-1-3-7(4-2-6)14-19(16)17/h1-5,19H,(H,12,13,15)(H,14,16,17). The summed E-state index contributed by atoms with van der Waals surface area (Å²) in [6.07, 6.45) is 1.60. The summed E-state index contributed by atoms with van der Waals surface area (Å²) in [4.78, 5) is 15.8. The van der Waals surface area contributed by atoms with Gasteiger partial charge in [0, 0.05) is 11.3 Å². The highest BCUT2D eigenvalue weighted by molar-refractivity contribution is 9.11. The number of benzene rings is 1. The number of hydrogen-bond acceptors (Lipinski definition) is 5. The van der Waals surface area contributed by atoms with Crippen molar-refractivity contribution in [2.75, 3.05) is 10.0 Å². The SMILES string of the molecule is O=C(Nc1ncc(Br)s1)c1ccc(N[SH](=O)=O)cc1. The molecule has 0 aliphatic heterocycles. The van der Waals surface area contributed by atoms with Crippen LogP contribution in [0.4, 0.5) is 10.8 Å². The zero-order chi connectivity index (χ0) is 13.8. The lowest BCUT2D eigenvalue weighted by molar-refractivity contribution is 0.102. The van der Waals surface area contributed by atoms with E-state index in [1.165, 1.54) is 35.6 Å². The minimum absolute atomic E-state index is 0.306. The predicted octanol–water partition coefficient (Wildman–Crippen LogP) is 2.10. The number of amides is 1. The van der Waals surface area contributed by atoms with Gasteiger partial charge in [-0.2, -0.15) is 0 Å². The third kappa shape index (κ3) is 4.01. The molecule has 1 aromatic carbocycles. The zero-order valence-electron chi connectivity index (χ0n) is 9.29. The molecule has 1 amide bonds. The number of thiazole rings is 1. The molecule has 2 N–H and O–H groups in total. The van der Waals surface area contributed by atoms with Gasteiger partial charge in [0.25, 0.3) is 5.91 Å². The summed E-state index contributed by atoms with van der Waals surface area (Å²) in [6, 6.07) is 6.08. The van der Waals surface area contributed by atoms with Crippen molar-refractivity contribution >= 4 is 54.9 Å². The first-order chi connectivity index (χ1) is 9.04. The number of aromatic nitrogens is 1. The van der Waals surface area contributed by atoms with Crippen LogP contribution in [-0.2, 0) is 10.9 Å². The van der Waals surface area contributed by atoms with Gasteiger partial charge in [-0.3, -0.25) is 14.8 Å². The summed E-state index contributed by atoms with van der Waals surface area (Å²) < 4.78 is 24.0. The Morgan fingerprint density at radius 3 is 2.47 bits per heavy atom. The number of anilines is 2. The van der Waals surface area contributed by atoms with Crippen molar-refractivity contribution < 1.29 is 13.2 Å². The Labute approximate surface area is 123 Å². The lowest BCUT2D eigenvalue weighted by Crippen LogP contribution is -2.11. The molecule has 0 radical (unpaired) electrons. The van der Waals surface area contributed by atoms with Crippen LogP contribution in [0.25, 0.3) is 0 Å². The highest BCUT2D eigenvalue weighted by Gasteiger charge is 2.08. The molecule has 1 heterocycles. The largest absolute Gasteiger partial charge is 0.298 e. The van der Waals surface area contributed by atoms with Crippen LogP contribution in [0.15, 0.2) is 34.2 Å². The molecule has 0 atom stereocenters. The first-order valence-electron chi connectivity index (χ1n) is 4.98. The highest BCUT2D eigenvalue weighted by Crippen LogP contribution is 2.23. The van der Waals surface area contributed by atoms with E-state index in [1.54, 1.807) is 6.20 Å². The maximum absolute atomic E-state index is 11.9. The van der Waals surface area contributed by atoms with Gasteiger partial charge in [0.2, 0.25) is 10.9 Å². The fraction of sp³-hybridized carbons (Fsp3) is 0. The van der Waals surface area contributed by atoms with Crippen molar-refractivity contribution in [3.05, 3.63) is 39.8 Å². The molecule has 19 heavy (non-hydrogen) atoms. The van der Waals surface area contributed by atoms with Gasteiger partial charge in [-0.1, -0.05) is 11.3 Å². The molecule has 0 saturated heterocycles. The van der Waals surface area contributed by atoms with E-state index < -0.39 is 10.9 Å². The lowest BCUT2D eigenvalue weighted by atomic mass is 10.2. The molecule has 0 saturated carbocycles.